The zero-order chi connectivity index (χ0) is 14.8. The van der Waals surface area contributed by atoms with E-state index in [4.69, 9.17) is 0 Å². The van der Waals surface area contributed by atoms with Gasteiger partial charge in [0.2, 0.25) is 0 Å². The molecule has 0 atom stereocenters. The Morgan fingerprint density at radius 3 is 2.95 bits per heavy atom. The minimum absolute atomic E-state index is 0.00240. The van der Waals surface area contributed by atoms with Gasteiger partial charge in [-0.1, -0.05) is 6.07 Å². The molecule has 3 rings (SSSR count). The molecule has 0 aromatic carbocycles. The lowest BCUT2D eigenvalue weighted by Gasteiger charge is -2.31. The lowest BCUT2D eigenvalue weighted by atomic mass is 10.1. The number of hydrogen-bond donors (Lipinski definition) is 1. The van der Waals surface area contributed by atoms with Gasteiger partial charge in [0, 0.05) is 24.8 Å². The van der Waals surface area contributed by atoms with Crippen LogP contribution in [0.1, 0.15) is 24.1 Å². The third-order valence-electron chi connectivity index (χ3n) is 4.28. The van der Waals surface area contributed by atoms with E-state index in [2.05, 4.69) is 22.2 Å². The van der Waals surface area contributed by atoms with Crippen molar-refractivity contribution in [1.29, 1.82) is 0 Å². The van der Waals surface area contributed by atoms with Gasteiger partial charge in [0.05, 0.1) is 5.69 Å². The highest BCUT2D eigenvalue weighted by atomic mass is 16.1. The maximum atomic E-state index is 12.2. The molecule has 112 valence electrons. The van der Waals surface area contributed by atoms with Crippen molar-refractivity contribution in [1.82, 2.24) is 19.6 Å². The van der Waals surface area contributed by atoms with E-state index in [1.54, 1.807) is 16.7 Å². The largest absolute Gasteiger partial charge is 0.317 e. The van der Waals surface area contributed by atoms with Crippen molar-refractivity contribution < 1.29 is 0 Å². The number of nitrogens with zero attached hydrogens (tertiary/aromatic N) is 3. The second-order valence-corrected chi connectivity index (χ2v) is 5.87. The van der Waals surface area contributed by atoms with Gasteiger partial charge in [-0.3, -0.25) is 14.1 Å². The van der Waals surface area contributed by atoms with E-state index in [0.717, 1.165) is 49.4 Å². The van der Waals surface area contributed by atoms with Crippen LogP contribution >= 0.6 is 0 Å². The Morgan fingerprint density at radius 2 is 2.19 bits per heavy atom. The van der Waals surface area contributed by atoms with Gasteiger partial charge < -0.3 is 5.32 Å². The summed E-state index contributed by atoms with van der Waals surface area (Å²) in [6.07, 6.45) is 4.09. The summed E-state index contributed by atoms with van der Waals surface area (Å²) in [5, 5.41) is 3.38. The van der Waals surface area contributed by atoms with Crippen molar-refractivity contribution in [2.75, 3.05) is 20.1 Å². The molecular weight excluding hydrogens is 264 g/mol. The molecule has 1 aliphatic rings. The molecule has 0 bridgehead atoms. The molecule has 0 aliphatic carbocycles. The lowest BCUT2D eigenvalue weighted by molar-refractivity contribution is 0.190. The predicted octanol–water partition coefficient (Wildman–Crippen LogP) is 1.19. The van der Waals surface area contributed by atoms with Gasteiger partial charge in [0.1, 0.15) is 5.65 Å². The van der Waals surface area contributed by atoms with Crippen LogP contribution < -0.4 is 10.9 Å². The summed E-state index contributed by atoms with van der Waals surface area (Å²) in [7, 11) is 2.12. The minimum atomic E-state index is -0.00240. The number of nitrogens with one attached hydrogen (secondary N) is 1. The summed E-state index contributed by atoms with van der Waals surface area (Å²) in [6, 6.07) is 6.10. The predicted molar refractivity (Wildman–Crippen MR) is 83.6 cm³/mol. The van der Waals surface area contributed by atoms with Crippen LogP contribution in [0.5, 0.6) is 0 Å². The minimum Gasteiger partial charge on any atom is -0.317 e. The van der Waals surface area contributed by atoms with E-state index in [-0.39, 0.29) is 5.56 Å². The van der Waals surface area contributed by atoms with E-state index in [9.17, 15) is 4.79 Å². The average Bonchev–Trinajstić information content (AvgIpc) is 2.49. The van der Waals surface area contributed by atoms with Crippen LogP contribution in [0.2, 0.25) is 0 Å². The maximum Gasteiger partial charge on any atom is 0.258 e. The van der Waals surface area contributed by atoms with Crippen LogP contribution in [0.3, 0.4) is 0 Å². The topological polar surface area (TPSA) is 49.6 Å². The molecule has 0 radical (unpaired) electrons. The van der Waals surface area contributed by atoms with E-state index in [1.165, 1.54) is 0 Å². The van der Waals surface area contributed by atoms with Gasteiger partial charge in [-0.2, -0.15) is 0 Å². The first-order valence-corrected chi connectivity index (χ1v) is 7.54. The zero-order valence-corrected chi connectivity index (χ0v) is 12.7. The number of aromatic nitrogens is 2. The molecule has 1 fully saturated rings. The van der Waals surface area contributed by atoms with Crippen molar-refractivity contribution in [2.24, 2.45) is 0 Å². The molecule has 1 saturated heterocycles. The number of aryl methyl sites for hydroxylation is 1. The molecule has 0 amide bonds. The molecule has 5 heteroatoms. The SMILES string of the molecule is Cc1cccn2c(=O)cc(CN(C)C3CCNCC3)nc12. The Labute approximate surface area is 124 Å². The summed E-state index contributed by atoms with van der Waals surface area (Å²) in [5.74, 6) is 0. The second-order valence-electron chi connectivity index (χ2n) is 5.87. The molecule has 1 aliphatic heterocycles. The van der Waals surface area contributed by atoms with Gasteiger partial charge in [0.15, 0.2) is 0 Å². The van der Waals surface area contributed by atoms with Crippen LogP contribution in [-0.4, -0.2) is 40.5 Å². The van der Waals surface area contributed by atoms with E-state index in [0.29, 0.717) is 6.04 Å². The second kappa shape index (κ2) is 5.95. The van der Waals surface area contributed by atoms with Crippen LogP contribution in [0.4, 0.5) is 0 Å². The molecule has 1 N–H and O–H groups in total. The van der Waals surface area contributed by atoms with Crippen LogP contribution in [0.15, 0.2) is 29.2 Å². The molecule has 21 heavy (non-hydrogen) atoms. The molecule has 0 spiro atoms. The van der Waals surface area contributed by atoms with Gasteiger partial charge in [0.25, 0.3) is 5.56 Å². The van der Waals surface area contributed by atoms with E-state index >= 15 is 0 Å². The number of piperidine rings is 1. The number of rotatable bonds is 3. The summed E-state index contributed by atoms with van der Waals surface area (Å²) < 4.78 is 1.61. The van der Waals surface area contributed by atoms with Crippen molar-refractivity contribution >= 4 is 5.65 Å². The van der Waals surface area contributed by atoms with Gasteiger partial charge in [-0.25, -0.2) is 4.98 Å². The third kappa shape index (κ3) is 2.99. The average molecular weight is 286 g/mol. The molecular formula is C16H22N4O. The normalized spacial score (nSPS) is 16.7. The van der Waals surface area contributed by atoms with Crippen molar-refractivity contribution in [3.05, 3.63) is 46.0 Å². The molecule has 2 aromatic heterocycles. The zero-order valence-electron chi connectivity index (χ0n) is 12.7. The smallest absolute Gasteiger partial charge is 0.258 e. The fourth-order valence-electron chi connectivity index (χ4n) is 3.02. The fourth-order valence-corrected chi connectivity index (χ4v) is 3.02. The Morgan fingerprint density at radius 1 is 1.43 bits per heavy atom. The Kier molecular flexibility index (Phi) is 4.03. The van der Waals surface area contributed by atoms with Crippen molar-refractivity contribution in [2.45, 2.75) is 32.4 Å². The van der Waals surface area contributed by atoms with Gasteiger partial charge in [-0.15, -0.1) is 0 Å². The molecule has 3 heterocycles. The monoisotopic (exact) mass is 286 g/mol. The number of hydrogen-bond acceptors (Lipinski definition) is 4. The fraction of sp³-hybridized carbons (Fsp3) is 0.500. The summed E-state index contributed by atoms with van der Waals surface area (Å²) >= 11 is 0. The van der Waals surface area contributed by atoms with Crippen molar-refractivity contribution in [3.63, 3.8) is 0 Å². The Hall–Kier alpha value is -1.72. The molecule has 0 saturated carbocycles. The summed E-state index contributed by atoms with van der Waals surface area (Å²) in [5.41, 5.74) is 2.65. The van der Waals surface area contributed by atoms with Gasteiger partial charge >= 0.3 is 0 Å². The Bertz CT molecular complexity index is 688. The van der Waals surface area contributed by atoms with E-state index in [1.807, 2.05) is 19.1 Å². The lowest BCUT2D eigenvalue weighted by Crippen LogP contribution is -2.41. The maximum absolute atomic E-state index is 12.2. The first-order valence-electron chi connectivity index (χ1n) is 7.54. The first kappa shape index (κ1) is 14.2. The number of fused-ring (bicyclic) bond motifs is 1. The van der Waals surface area contributed by atoms with Crippen LogP contribution in [-0.2, 0) is 6.54 Å². The van der Waals surface area contributed by atoms with Crippen LogP contribution in [0.25, 0.3) is 5.65 Å². The van der Waals surface area contributed by atoms with Crippen LogP contribution in [0, 0.1) is 6.92 Å². The highest BCUT2D eigenvalue weighted by Gasteiger charge is 2.18. The molecule has 0 unspecified atom stereocenters. The quantitative estimate of drug-likeness (QED) is 0.921. The number of pyridine rings is 1. The molecule has 2 aromatic rings. The Balaban J connectivity index is 1.87. The highest BCUT2D eigenvalue weighted by Crippen LogP contribution is 2.13. The van der Waals surface area contributed by atoms with Gasteiger partial charge in [-0.05, 0) is 51.5 Å². The van der Waals surface area contributed by atoms with E-state index < -0.39 is 0 Å². The standard InChI is InChI=1S/C16H22N4O/c1-12-4-3-9-20-15(21)10-13(18-16(12)20)11-19(2)14-5-7-17-8-6-14/h3-4,9-10,14,17H,5-8,11H2,1-2H3. The first-order chi connectivity index (χ1) is 10.1. The summed E-state index contributed by atoms with van der Waals surface area (Å²) in [4.78, 5) is 19.2. The third-order valence-corrected chi connectivity index (χ3v) is 4.28. The highest BCUT2D eigenvalue weighted by molar-refractivity contribution is 5.46. The summed E-state index contributed by atoms with van der Waals surface area (Å²) in [6.45, 7) is 4.86. The van der Waals surface area contributed by atoms with Crippen molar-refractivity contribution in [3.8, 4) is 0 Å². The molecule has 5 nitrogen and oxygen atoms in total.